The Kier molecular flexibility index (Phi) is 13.0. The van der Waals surface area contributed by atoms with E-state index in [-0.39, 0.29) is 32.5 Å². The summed E-state index contributed by atoms with van der Waals surface area (Å²) in [5, 5.41) is 0. The SMILES string of the molecule is Cc1ccc(C2=Cc3nc2c(C=O)c2ccc([nH]2)c(-c2cc(C(C)(C)C)cc(C(C)(C)C)c2)c2nc(c(-c4cc(C(C)(C)C)cc(C(C)(C)C)c4)c4ccc([nH]4)c3-c3cc(C(C)(C)C)cc(C(C)(C)C)c3)C=C2)cc1. The molecule has 2 N–H and O–H groups in total. The fraction of sp³-hybridized carbons (Fsp3) is 0.357. The van der Waals surface area contributed by atoms with Gasteiger partial charge in [0.25, 0.3) is 0 Å². The van der Waals surface area contributed by atoms with Gasteiger partial charge in [-0.15, -0.1) is 0 Å². The minimum absolute atomic E-state index is 0.118. The van der Waals surface area contributed by atoms with Gasteiger partial charge in [-0.1, -0.05) is 209 Å². The van der Waals surface area contributed by atoms with Gasteiger partial charge in [0.1, 0.15) is 0 Å². The summed E-state index contributed by atoms with van der Waals surface area (Å²) in [5.41, 5.74) is 23.0. The predicted octanol–water partition coefficient (Wildman–Crippen LogP) is 19.0. The molecule has 3 aromatic heterocycles. The van der Waals surface area contributed by atoms with E-state index in [0.717, 1.165) is 90.0 Å². The fourth-order valence-corrected chi connectivity index (χ4v) is 10.2. The van der Waals surface area contributed by atoms with E-state index in [1.54, 1.807) is 0 Å². The van der Waals surface area contributed by atoms with Crippen molar-refractivity contribution >= 4 is 52.2 Å². The second-order valence-electron chi connectivity index (χ2n) is 27.6. The third kappa shape index (κ3) is 10.6. The Hall–Kier alpha value is -6.85. The van der Waals surface area contributed by atoms with Crippen molar-refractivity contribution < 1.29 is 4.79 Å². The van der Waals surface area contributed by atoms with Gasteiger partial charge >= 0.3 is 0 Å². The standard InChI is InChI=1S/C70H80N4O/c1-41-20-22-42(23-21-41)52-39-60-63(45-34-50(69(14,15)16)38-51(35-45)70(17,18)19)59-29-28-58(73-59)62(44-32-48(67(8,9)10)37-49(33-44)68(11,12)13)57-27-26-56(72-57)61(55-25-24-54(71-55)53(40-75)64(52)74-60)43-30-46(65(2,3)4)36-47(31-43)66(5,6)7/h20-40,71,73H,1-19H3. The van der Waals surface area contributed by atoms with Crippen molar-refractivity contribution in [2.75, 3.05) is 0 Å². The normalized spacial score (nSPS) is 13.6. The van der Waals surface area contributed by atoms with Gasteiger partial charge in [0.2, 0.25) is 0 Å². The number of carbonyl (C=O) groups is 1. The van der Waals surface area contributed by atoms with Crippen LogP contribution in [-0.2, 0) is 32.5 Å². The molecule has 0 atom stereocenters. The molecular weight excluding hydrogens is 913 g/mol. The molecule has 5 heterocycles. The van der Waals surface area contributed by atoms with Crippen LogP contribution < -0.4 is 0 Å². The van der Waals surface area contributed by atoms with Gasteiger partial charge in [0, 0.05) is 38.8 Å². The maximum absolute atomic E-state index is 14.0. The van der Waals surface area contributed by atoms with Crippen LogP contribution in [0, 0.1) is 6.92 Å². The van der Waals surface area contributed by atoms with Gasteiger partial charge in [0.15, 0.2) is 6.29 Å². The van der Waals surface area contributed by atoms with E-state index in [9.17, 15) is 4.79 Å². The second-order valence-corrected chi connectivity index (χ2v) is 27.6. The van der Waals surface area contributed by atoms with Crippen LogP contribution in [-0.4, -0.2) is 26.2 Å². The Morgan fingerprint density at radius 2 is 0.693 bits per heavy atom. The number of aldehydes is 1. The minimum atomic E-state index is -0.138. The Balaban J connectivity index is 1.55. The summed E-state index contributed by atoms with van der Waals surface area (Å²) in [6.07, 6.45) is 7.55. The van der Waals surface area contributed by atoms with Crippen LogP contribution in [0.25, 0.3) is 79.2 Å². The quantitative estimate of drug-likeness (QED) is 0.169. The Labute approximate surface area is 448 Å². The molecule has 2 aliphatic heterocycles. The molecule has 0 amide bonds. The minimum Gasteiger partial charge on any atom is -0.354 e. The van der Waals surface area contributed by atoms with E-state index in [2.05, 4.69) is 257 Å². The zero-order valence-corrected chi connectivity index (χ0v) is 48.4. The molecule has 0 unspecified atom stereocenters. The highest BCUT2D eigenvalue weighted by atomic mass is 16.1. The summed E-state index contributed by atoms with van der Waals surface area (Å²) in [7, 11) is 0. The number of rotatable bonds is 5. The molecule has 0 fully saturated rings. The number of carbonyl (C=O) groups excluding carboxylic acids is 1. The molecule has 75 heavy (non-hydrogen) atoms. The van der Waals surface area contributed by atoms with Crippen molar-refractivity contribution in [3.63, 3.8) is 0 Å². The van der Waals surface area contributed by atoms with E-state index in [4.69, 9.17) is 9.97 Å². The molecule has 2 aliphatic rings. The van der Waals surface area contributed by atoms with E-state index >= 15 is 0 Å². The largest absolute Gasteiger partial charge is 0.354 e. The number of aryl methyl sites for hydroxylation is 1. The molecule has 386 valence electrons. The van der Waals surface area contributed by atoms with Crippen LogP contribution in [0.4, 0.5) is 0 Å². The molecule has 0 saturated carbocycles. The van der Waals surface area contributed by atoms with Gasteiger partial charge < -0.3 is 9.97 Å². The molecule has 0 radical (unpaired) electrons. The number of H-pyrrole nitrogens is 2. The lowest BCUT2D eigenvalue weighted by Gasteiger charge is -2.26. The molecule has 0 saturated heterocycles. The highest BCUT2D eigenvalue weighted by molar-refractivity contribution is 6.05. The highest BCUT2D eigenvalue weighted by Crippen LogP contribution is 2.44. The van der Waals surface area contributed by atoms with Gasteiger partial charge in [-0.05, 0) is 138 Å². The van der Waals surface area contributed by atoms with E-state index < -0.39 is 0 Å². The van der Waals surface area contributed by atoms with Crippen molar-refractivity contribution in [3.8, 4) is 33.4 Å². The molecule has 4 aromatic carbocycles. The molecule has 5 nitrogen and oxygen atoms in total. The number of nitrogens with zero attached hydrogens (tertiary/aromatic N) is 2. The van der Waals surface area contributed by atoms with Gasteiger partial charge in [-0.3, -0.25) is 4.79 Å². The van der Waals surface area contributed by atoms with Crippen LogP contribution in [0.5, 0.6) is 0 Å². The van der Waals surface area contributed by atoms with Crippen molar-refractivity contribution in [3.05, 3.63) is 176 Å². The summed E-state index contributed by atoms with van der Waals surface area (Å²) >= 11 is 0. The maximum Gasteiger partial charge on any atom is 0.154 e. The predicted molar refractivity (Wildman–Crippen MR) is 322 cm³/mol. The average molecular weight is 993 g/mol. The monoisotopic (exact) mass is 993 g/mol. The molecule has 0 aliphatic carbocycles. The van der Waals surface area contributed by atoms with Gasteiger partial charge in [-0.2, -0.15) is 0 Å². The van der Waals surface area contributed by atoms with E-state index in [1.165, 1.54) is 33.4 Å². The lowest BCUT2D eigenvalue weighted by Crippen LogP contribution is -2.16. The topological polar surface area (TPSA) is 74.4 Å². The number of hydrogen-bond acceptors (Lipinski definition) is 3. The first-order valence-corrected chi connectivity index (χ1v) is 27.0. The zero-order chi connectivity index (χ0) is 54.5. The van der Waals surface area contributed by atoms with Crippen LogP contribution in [0.15, 0.2) is 103 Å². The first-order chi connectivity index (χ1) is 34.8. The van der Waals surface area contributed by atoms with Crippen molar-refractivity contribution in [2.24, 2.45) is 0 Å². The number of aromatic amines is 2. The molecule has 9 rings (SSSR count). The van der Waals surface area contributed by atoms with Crippen LogP contribution in [0.3, 0.4) is 0 Å². The maximum atomic E-state index is 14.0. The molecule has 5 heteroatoms. The number of aromatic nitrogens is 4. The summed E-state index contributed by atoms with van der Waals surface area (Å²) in [6.45, 7) is 43.3. The number of fused-ring (bicyclic) bond motifs is 8. The van der Waals surface area contributed by atoms with Gasteiger partial charge in [0.05, 0.1) is 33.9 Å². The fourth-order valence-electron chi connectivity index (χ4n) is 10.2. The first kappa shape index (κ1) is 53.0. The molecule has 0 spiro atoms. The Morgan fingerprint density at radius 1 is 0.373 bits per heavy atom. The first-order valence-electron chi connectivity index (χ1n) is 27.0. The number of hydrogen-bond donors (Lipinski definition) is 2. The molecule has 7 aromatic rings. The van der Waals surface area contributed by atoms with Crippen molar-refractivity contribution in [1.82, 2.24) is 19.9 Å². The van der Waals surface area contributed by atoms with Crippen molar-refractivity contribution in [1.29, 1.82) is 0 Å². The summed E-state index contributed by atoms with van der Waals surface area (Å²) in [6, 6.07) is 38.4. The van der Waals surface area contributed by atoms with Crippen LogP contribution >= 0.6 is 0 Å². The lowest BCUT2D eigenvalue weighted by molar-refractivity contribution is 0.112. The smallest absolute Gasteiger partial charge is 0.154 e. The number of benzene rings is 4. The average Bonchev–Trinajstić information content (AvgIpc) is 4.15. The summed E-state index contributed by atoms with van der Waals surface area (Å²) in [4.78, 5) is 33.3. The number of nitrogens with one attached hydrogen (secondary N) is 2. The highest BCUT2D eigenvalue weighted by Gasteiger charge is 2.29. The Morgan fingerprint density at radius 3 is 1.03 bits per heavy atom. The zero-order valence-electron chi connectivity index (χ0n) is 48.4. The van der Waals surface area contributed by atoms with Crippen molar-refractivity contribution in [2.45, 2.75) is 164 Å². The van der Waals surface area contributed by atoms with E-state index in [0.29, 0.717) is 16.8 Å². The summed E-state index contributed by atoms with van der Waals surface area (Å²) in [5.74, 6) is 0. The molecule has 8 bridgehead atoms. The van der Waals surface area contributed by atoms with Gasteiger partial charge in [-0.25, -0.2) is 9.97 Å². The second kappa shape index (κ2) is 18.5. The third-order valence-corrected chi connectivity index (χ3v) is 15.2. The van der Waals surface area contributed by atoms with Crippen LogP contribution in [0.2, 0.25) is 0 Å². The van der Waals surface area contributed by atoms with Crippen LogP contribution in [0.1, 0.15) is 202 Å². The Bertz CT molecular complexity index is 3560. The summed E-state index contributed by atoms with van der Waals surface area (Å²) < 4.78 is 0. The molecular formula is C70H80N4O. The third-order valence-electron chi connectivity index (χ3n) is 15.2. The lowest BCUT2D eigenvalue weighted by atomic mass is 9.78. The van der Waals surface area contributed by atoms with E-state index in [1.807, 2.05) is 6.07 Å².